The van der Waals surface area contributed by atoms with Crippen molar-refractivity contribution < 1.29 is 9.18 Å². The van der Waals surface area contributed by atoms with Crippen LogP contribution in [0, 0.1) is 5.82 Å². The minimum atomic E-state index is -0.451. The quantitative estimate of drug-likeness (QED) is 0.554. The second kappa shape index (κ2) is 8.02. The first-order valence-corrected chi connectivity index (χ1v) is 7.92. The van der Waals surface area contributed by atoms with Gasteiger partial charge in [-0.3, -0.25) is 4.79 Å². The lowest BCUT2D eigenvalue weighted by atomic mass is 9.91. The fourth-order valence-electron chi connectivity index (χ4n) is 2.57. The van der Waals surface area contributed by atoms with E-state index in [4.69, 9.17) is 0 Å². The number of rotatable bonds is 5. The minimum absolute atomic E-state index is 0.226. The Morgan fingerprint density at radius 3 is 1.88 bits per heavy atom. The number of nitrogens with one attached hydrogen (secondary N) is 1. The highest BCUT2D eigenvalue weighted by Gasteiger charge is 2.22. The summed E-state index contributed by atoms with van der Waals surface area (Å²) in [6.45, 7) is 0. The maximum absolute atomic E-state index is 12.9. The molecular weight excluding hydrogens is 315 g/mol. The molecule has 3 rings (SSSR count). The molecule has 0 spiro atoms. The largest absolute Gasteiger partial charge is 0.272 e. The number of benzene rings is 3. The van der Waals surface area contributed by atoms with Gasteiger partial charge in [0.2, 0.25) is 0 Å². The maximum Gasteiger partial charge on any atom is 0.252 e. The molecule has 25 heavy (non-hydrogen) atoms. The monoisotopic (exact) mass is 332 g/mol. The lowest BCUT2D eigenvalue weighted by Gasteiger charge is -2.16. The molecule has 0 radical (unpaired) electrons. The summed E-state index contributed by atoms with van der Waals surface area (Å²) in [6, 6.07) is 25.0. The van der Waals surface area contributed by atoms with Gasteiger partial charge in [-0.05, 0) is 28.8 Å². The SMILES string of the molecule is O=C(NN=Cc1ccc(F)cc1)C(c1ccccc1)c1ccccc1. The van der Waals surface area contributed by atoms with Gasteiger partial charge in [-0.1, -0.05) is 72.8 Å². The van der Waals surface area contributed by atoms with E-state index in [1.807, 2.05) is 60.7 Å². The van der Waals surface area contributed by atoms with Crippen LogP contribution in [0.5, 0.6) is 0 Å². The standard InChI is InChI=1S/C21H17FN2O/c22-19-13-11-16(12-14-19)15-23-24-21(25)20(17-7-3-1-4-8-17)18-9-5-2-6-10-18/h1-15,20H,(H,24,25). The minimum Gasteiger partial charge on any atom is -0.272 e. The fourth-order valence-corrected chi connectivity index (χ4v) is 2.57. The van der Waals surface area contributed by atoms with Crippen LogP contribution in [0.3, 0.4) is 0 Å². The zero-order chi connectivity index (χ0) is 17.5. The van der Waals surface area contributed by atoms with Crippen LogP contribution >= 0.6 is 0 Å². The highest BCUT2D eigenvalue weighted by Crippen LogP contribution is 2.24. The molecule has 4 heteroatoms. The third-order valence-electron chi connectivity index (χ3n) is 3.79. The summed E-state index contributed by atoms with van der Waals surface area (Å²) >= 11 is 0. The zero-order valence-electron chi connectivity index (χ0n) is 13.5. The van der Waals surface area contributed by atoms with E-state index in [1.54, 1.807) is 12.1 Å². The van der Waals surface area contributed by atoms with Gasteiger partial charge in [-0.15, -0.1) is 0 Å². The van der Waals surface area contributed by atoms with Crippen molar-refractivity contribution in [3.63, 3.8) is 0 Å². The Morgan fingerprint density at radius 1 is 0.840 bits per heavy atom. The average molecular weight is 332 g/mol. The molecule has 124 valence electrons. The van der Waals surface area contributed by atoms with Crippen molar-refractivity contribution >= 4 is 12.1 Å². The van der Waals surface area contributed by atoms with Crippen molar-refractivity contribution in [2.45, 2.75) is 5.92 Å². The third kappa shape index (κ3) is 4.38. The Kier molecular flexibility index (Phi) is 5.32. The van der Waals surface area contributed by atoms with Gasteiger partial charge in [0, 0.05) is 0 Å². The van der Waals surface area contributed by atoms with E-state index in [-0.39, 0.29) is 11.7 Å². The van der Waals surface area contributed by atoms with Crippen LogP contribution < -0.4 is 5.43 Å². The average Bonchev–Trinajstić information content (AvgIpc) is 2.65. The molecule has 1 amide bonds. The topological polar surface area (TPSA) is 41.5 Å². The fraction of sp³-hybridized carbons (Fsp3) is 0.0476. The molecule has 1 N–H and O–H groups in total. The summed E-state index contributed by atoms with van der Waals surface area (Å²) in [5.74, 6) is -0.988. The van der Waals surface area contributed by atoms with E-state index < -0.39 is 5.92 Å². The number of hydrazone groups is 1. The van der Waals surface area contributed by atoms with Gasteiger partial charge in [0.15, 0.2) is 0 Å². The van der Waals surface area contributed by atoms with Crippen LogP contribution in [0.2, 0.25) is 0 Å². The Morgan fingerprint density at radius 2 is 1.36 bits per heavy atom. The summed E-state index contributed by atoms with van der Waals surface area (Å²) in [7, 11) is 0. The van der Waals surface area contributed by atoms with E-state index in [0.717, 1.165) is 11.1 Å². The molecule has 0 aliphatic heterocycles. The number of amides is 1. The van der Waals surface area contributed by atoms with E-state index in [0.29, 0.717) is 5.56 Å². The van der Waals surface area contributed by atoms with Gasteiger partial charge in [0.1, 0.15) is 5.82 Å². The first kappa shape index (κ1) is 16.6. The highest BCUT2D eigenvalue weighted by atomic mass is 19.1. The Balaban J connectivity index is 1.79. The lowest BCUT2D eigenvalue weighted by Crippen LogP contribution is -2.26. The molecule has 0 saturated carbocycles. The van der Waals surface area contributed by atoms with Crippen LogP contribution in [0.1, 0.15) is 22.6 Å². The molecule has 0 atom stereocenters. The molecular formula is C21H17FN2O. The molecule has 0 unspecified atom stereocenters. The molecule has 0 aliphatic rings. The molecule has 0 bridgehead atoms. The molecule has 0 aliphatic carbocycles. The van der Waals surface area contributed by atoms with Crippen LogP contribution in [-0.2, 0) is 4.79 Å². The third-order valence-corrected chi connectivity index (χ3v) is 3.79. The van der Waals surface area contributed by atoms with Crippen LogP contribution in [-0.4, -0.2) is 12.1 Å². The van der Waals surface area contributed by atoms with Gasteiger partial charge in [-0.2, -0.15) is 5.10 Å². The predicted molar refractivity (Wildman–Crippen MR) is 96.9 cm³/mol. The van der Waals surface area contributed by atoms with Gasteiger partial charge in [-0.25, -0.2) is 9.82 Å². The first-order valence-electron chi connectivity index (χ1n) is 7.92. The van der Waals surface area contributed by atoms with Crippen molar-refractivity contribution in [2.24, 2.45) is 5.10 Å². The van der Waals surface area contributed by atoms with Crippen LogP contribution in [0.4, 0.5) is 4.39 Å². The Labute approximate surface area is 145 Å². The molecule has 0 aromatic heterocycles. The summed E-state index contributed by atoms with van der Waals surface area (Å²) in [6.07, 6.45) is 1.49. The van der Waals surface area contributed by atoms with Crippen molar-refractivity contribution in [3.05, 3.63) is 107 Å². The zero-order valence-corrected chi connectivity index (χ0v) is 13.5. The van der Waals surface area contributed by atoms with E-state index in [1.165, 1.54) is 18.3 Å². The molecule has 3 nitrogen and oxygen atoms in total. The van der Waals surface area contributed by atoms with Crippen LogP contribution in [0.25, 0.3) is 0 Å². The number of nitrogens with zero attached hydrogens (tertiary/aromatic N) is 1. The normalized spacial score (nSPS) is 11.0. The predicted octanol–water partition coefficient (Wildman–Crippen LogP) is 4.11. The molecule has 0 heterocycles. The second-order valence-electron chi connectivity index (χ2n) is 5.54. The Hall–Kier alpha value is -3.27. The number of carbonyl (C=O) groups excluding carboxylic acids is 1. The molecule has 0 saturated heterocycles. The van der Waals surface area contributed by atoms with Crippen molar-refractivity contribution in [1.82, 2.24) is 5.43 Å². The smallest absolute Gasteiger partial charge is 0.252 e. The van der Waals surface area contributed by atoms with E-state index in [9.17, 15) is 9.18 Å². The number of halogens is 1. The van der Waals surface area contributed by atoms with Gasteiger partial charge in [0.05, 0.1) is 12.1 Å². The van der Waals surface area contributed by atoms with Gasteiger partial charge < -0.3 is 0 Å². The number of carbonyl (C=O) groups is 1. The van der Waals surface area contributed by atoms with E-state index in [2.05, 4.69) is 10.5 Å². The number of hydrogen-bond donors (Lipinski definition) is 1. The summed E-state index contributed by atoms with van der Waals surface area (Å²) in [5.41, 5.74) is 5.07. The first-order chi connectivity index (χ1) is 12.2. The van der Waals surface area contributed by atoms with E-state index >= 15 is 0 Å². The number of hydrogen-bond acceptors (Lipinski definition) is 2. The van der Waals surface area contributed by atoms with Crippen molar-refractivity contribution in [3.8, 4) is 0 Å². The Bertz CT molecular complexity index is 807. The molecule has 0 fully saturated rings. The van der Waals surface area contributed by atoms with Crippen molar-refractivity contribution in [1.29, 1.82) is 0 Å². The van der Waals surface area contributed by atoms with Gasteiger partial charge >= 0.3 is 0 Å². The maximum atomic E-state index is 12.9. The summed E-state index contributed by atoms with van der Waals surface area (Å²) in [5, 5.41) is 4.00. The summed E-state index contributed by atoms with van der Waals surface area (Å²) < 4.78 is 12.9. The molecule has 3 aromatic carbocycles. The molecule has 3 aromatic rings. The van der Waals surface area contributed by atoms with Crippen LogP contribution in [0.15, 0.2) is 90.0 Å². The van der Waals surface area contributed by atoms with Crippen molar-refractivity contribution in [2.75, 3.05) is 0 Å². The summed E-state index contributed by atoms with van der Waals surface area (Å²) in [4.78, 5) is 12.7. The lowest BCUT2D eigenvalue weighted by molar-refractivity contribution is -0.121. The second-order valence-corrected chi connectivity index (χ2v) is 5.54. The highest BCUT2D eigenvalue weighted by molar-refractivity contribution is 5.88. The van der Waals surface area contributed by atoms with Gasteiger partial charge in [0.25, 0.3) is 5.91 Å².